The molecule has 0 bridgehead atoms. The number of nitrogens with one attached hydrogen (secondary N) is 1. The van der Waals surface area contributed by atoms with Crippen LogP contribution in [0.25, 0.3) is 0 Å². The maximum atomic E-state index is 11.9. The van der Waals surface area contributed by atoms with E-state index >= 15 is 0 Å². The van der Waals surface area contributed by atoms with Crippen LogP contribution in [0, 0.1) is 0 Å². The Balaban J connectivity index is 2.98. The minimum atomic E-state index is -5.11. The van der Waals surface area contributed by atoms with E-state index in [1.807, 2.05) is 0 Å². The van der Waals surface area contributed by atoms with Crippen molar-refractivity contribution in [3.05, 3.63) is 18.2 Å². The van der Waals surface area contributed by atoms with Gasteiger partial charge in [0, 0.05) is 0 Å². The first-order valence-corrected chi connectivity index (χ1v) is 3.74. The van der Waals surface area contributed by atoms with Crippen molar-refractivity contribution in [2.24, 2.45) is 0 Å². The molecule has 0 aliphatic rings. The zero-order valence-electron chi connectivity index (χ0n) is 7.45. The molecule has 0 aliphatic carbocycles. The highest BCUT2D eigenvalue weighted by molar-refractivity contribution is 6.00. The Kier molecular flexibility index (Phi) is 3.06. The molecule has 16 heavy (non-hydrogen) atoms. The molecule has 1 amide bonds. The van der Waals surface area contributed by atoms with Gasteiger partial charge in [0.25, 0.3) is 0 Å². The van der Waals surface area contributed by atoms with Crippen molar-refractivity contribution in [1.82, 2.24) is 9.97 Å². The molecule has 0 aliphatic heterocycles. The van der Waals surface area contributed by atoms with Gasteiger partial charge in [-0.2, -0.15) is 13.2 Å². The van der Waals surface area contributed by atoms with Gasteiger partial charge >= 0.3 is 18.1 Å². The number of carbonyl (C=O) groups excluding carboxylic acids is 1. The van der Waals surface area contributed by atoms with Crippen LogP contribution in [0.3, 0.4) is 0 Å². The lowest BCUT2D eigenvalue weighted by Crippen LogP contribution is -2.30. The molecule has 0 saturated heterocycles. The van der Waals surface area contributed by atoms with Gasteiger partial charge in [0.2, 0.25) is 0 Å². The lowest BCUT2D eigenvalue weighted by atomic mass is 10.3. The molecule has 9 heteroatoms. The van der Waals surface area contributed by atoms with Gasteiger partial charge in [-0.3, -0.25) is 4.79 Å². The topological polar surface area (TPSA) is 92.2 Å². The van der Waals surface area contributed by atoms with Crippen LogP contribution >= 0.6 is 0 Å². The summed E-state index contributed by atoms with van der Waals surface area (Å²) in [4.78, 5) is 27.6. The van der Waals surface area contributed by atoms with E-state index in [-0.39, 0.29) is 0 Å². The summed E-state index contributed by atoms with van der Waals surface area (Å²) in [5.41, 5.74) is -1.33. The summed E-state index contributed by atoms with van der Waals surface area (Å²) in [7, 11) is 0. The maximum absolute atomic E-state index is 11.9. The molecular weight excluding hydrogens is 231 g/mol. The predicted molar refractivity (Wildman–Crippen MR) is 43.7 cm³/mol. The standard InChI is InChI=1S/C7H4F3N3O3/c8-7(9,10)6(16)13-3-1-11-2-12-4(3)5(14)15/h1-2H,(H,13,16)(H,14,15). The first kappa shape index (κ1) is 11.9. The molecule has 0 unspecified atom stereocenters. The number of hydrogen-bond acceptors (Lipinski definition) is 4. The van der Waals surface area contributed by atoms with Crippen molar-refractivity contribution in [3.63, 3.8) is 0 Å². The summed E-state index contributed by atoms with van der Waals surface area (Å²) in [6.07, 6.45) is -3.50. The van der Waals surface area contributed by atoms with Gasteiger partial charge in [0.1, 0.15) is 6.33 Å². The number of rotatable bonds is 2. The van der Waals surface area contributed by atoms with Gasteiger partial charge in [0.05, 0.1) is 11.9 Å². The molecule has 1 rings (SSSR count). The van der Waals surface area contributed by atoms with Gasteiger partial charge < -0.3 is 10.4 Å². The fourth-order valence-electron chi connectivity index (χ4n) is 0.785. The molecule has 86 valence electrons. The Morgan fingerprint density at radius 3 is 2.50 bits per heavy atom. The Labute approximate surface area is 86.1 Å². The zero-order chi connectivity index (χ0) is 12.3. The number of carboxylic acid groups (broad SMARTS) is 1. The van der Waals surface area contributed by atoms with E-state index in [9.17, 15) is 22.8 Å². The van der Waals surface area contributed by atoms with Crippen molar-refractivity contribution < 1.29 is 27.9 Å². The number of carbonyl (C=O) groups is 2. The molecule has 6 nitrogen and oxygen atoms in total. The Bertz CT molecular complexity index is 432. The molecule has 2 N–H and O–H groups in total. The summed E-state index contributed by atoms with van der Waals surface area (Å²) >= 11 is 0. The number of nitrogens with zero attached hydrogens (tertiary/aromatic N) is 2. The van der Waals surface area contributed by atoms with Crippen molar-refractivity contribution in [3.8, 4) is 0 Å². The fourth-order valence-corrected chi connectivity index (χ4v) is 0.785. The highest BCUT2D eigenvalue weighted by atomic mass is 19.4. The summed E-state index contributed by atoms with van der Waals surface area (Å²) in [5.74, 6) is -3.86. The second-order valence-corrected chi connectivity index (χ2v) is 2.54. The molecule has 0 saturated carbocycles. The molecular formula is C7H4F3N3O3. The van der Waals surface area contributed by atoms with E-state index in [4.69, 9.17) is 5.11 Å². The molecule has 1 heterocycles. The van der Waals surface area contributed by atoms with Crippen LogP contribution in [0.4, 0.5) is 18.9 Å². The number of aromatic carboxylic acids is 1. The molecule has 0 atom stereocenters. The summed E-state index contributed by atoms with van der Waals surface area (Å²) in [5, 5.41) is 9.92. The lowest BCUT2D eigenvalue weighted by Gasteiger charge is -2.08. The van der Waals surface area contributed by atoms with Crippen LogP contribution < -0.4 is 5.32 Å². The van der Waals surface area contributed by atoms with Crippen LogP contribution in [0.2, 0.25) is 0 Å². The molecule has 1 aromatic heterocycles. The van der Waals surface area contributed by atoms with Crippen molar-refractivity contribution in [2.75, 3.05) is 5.32 Å². The number of anilines is 1. The first-order chi connectivity index (χ1) is 7.32. The van der Waals surface area contributed by atoms with Crippen LogP contribution in [-0.4, -0.2) is 33.1 Å². The third-order valence-electron chi connectivity index (χ3n) is 1.42. The summed E-state index contributed by atoms with van der Waals surface area (Å²) in [6, 6.07) is 0. The molecule has 0 aromatic carbocycles. The Morgan fingerprint density at radius 2 is 2.00 bits per heavy atom. The number of aromatic nitrogens is 2. The number of amides is 1. The van der Waals surface area contributed by atoms with E-state index in [0.29, 0.717) is 0 Å². The Hall–Kier alpha value is -2.19. The molecule has 0 radical (unpaired) electrons. The van der Waals surface area contributed by atoms with Crippen LogP contribution in [-0.2, 0) is 4.79 Å². The molecule has 0 fully saturated rings. The third kappa shape index (κ3) is 2.65. The number of hydrogen-bond donors (Lipinski definition) is 2. The first-order valence-electron chi connectivity index (χ1n) is 3.74. The van der Waals surface area contributed by atoms with Crippen molar-refractivity contribution >= 4 is 17.6 Å². The molecule has 0 spiro atoms. The largest absolute Gasteiger partial charge is 0.476 e. The van der Waals surface area contributed by atoms with Crippen LogP contribution in [0.15, 0.2) is 12.5 Å². The number of carboxylic acids is 1. The lowest BCUT2D eigenvalue weighted by molar-refractivity contribution is -0.167. The van der Waals surface area contributed by atoms with Crippen LogP contribution in [0.5, 0.6) is 0 Å². The summed E-state index contributed by atoms with van der Waals surface area (Å²) in [6.45, 7) is 0. The quantitative estimate of drug-likeness (QED) is 0.786. The number of alkyl halides is 3. The number of halogens is 3. The minimum Gasteiger partial charge on any atom is -0.476 e. The van der Waals surface area contributed by atoms with E-state index in [1.54, 1.807) is 0 Å². The SMILES string of the molecule is O=C(O)c1ncncc1NC(=O)C(F)(F)F. The van der Waals surface area contributed by atoms with Gasteiger partial charge in [-0.1, -0.05) is 0 Å². The zero-order valence-corrected chi connectivity index (χ0v) is 7.45. The minimum absolute atomic E-state index is 0.614. The van der Waals surface area contributed by atoms with E-state index in [2.05, 4.69) is 9.97 Å². The van der Waals surface area contributed by atoms with E-state index in [0.717, 1.165) is 12.5 Å². The molecule has 1 aromatic rings. The Morgan fingerprint density at radius 1 is 1.38 bits per heavy atom. The van der Waals surface area contributed by atoms with Gasteiger partial charge in [-0.05, 0) is 0 Å². The predicted octanol–water partition coefficient (Wildman–Crippen LogP) is 0.676. The fraction of sp³-hybridized carbons (Fsp3) is 0.143. The third-order valence-corrected chi connectivity index (χ3v) is 1.42. The summed E-state index contributed by atoms with van der Waals surface area (Å²) < 4.78 is 35.6. The second-order valence-electron chi connectivity index (χ2n) is 2.54. The average molecular weight is 235 g/mol. The second kappa shape index (κ2) is 4.13. The van der Waals surface area contributed by atoms with E-state index < -0.39 is 29.4 Å². The monoisotopic (exact) mass is 235 g/mol. The smallest absolute Gasteiger partial charge is 0.471 e. The highest BCUT2D eigenvalue weighted by Crippen LogP contribution is 2.19. The highest BCUT2D eigenvalue weighted by Gasteiger charge is 2.39. The van der Waals surface area contributed by atoms with Gasteiger partial charge in [-0.25, -0.2) is 14.8 Å². The van der Waals surface area contributed by atoms with Gasteiger partial charge in [-0.15, -0.1) is 0 Å². The average Bonchev–Trinajstić information content (AvgIpc) is 2.16. The van der Waals surface area contributed by atoms with Crippen molar-refractivity contribution in [1.29, 1.82) is 0 Å². The maximum Gasteiger partial charge on any atom is 0.471 e. The van der Waals surface area contributed by atoms with E-state index in [1.165, 1.54) is 5.32 Å². The van der Waals surface area contributed by atoms with Gasteiger partial charge in [0.15, 0.2) is 5.69 Å². The van der Waals surface area contributed by atoms with Crippen molar-refractivity contribution in [2.45, 2.75) is 6.18 Å². The normalized spacial score (nSPS) is 10.9. The van der Waals surface area contributed by atoms with Crippen LogP contribution in [0.1, 0.15) is 10.5 Å².